The lowest BCUT2D eigenvalue weighted by Gasteiger charge is -2.34. The molecule has 2 aromatic carbocycles. The SMILES string of the molecule is Cc1c(C(=O)N2C[C@H](C(=O)N(C)C)Oc3ccccc32)oc2c(F)cccc12. The first-order valence-corrected chi connectivity index (χ1v) is 8.85. The fourth-order valence-electron chi connectivity index (χ4n) is 3.38. The van der Waals surface area contributed by atoms with E-state index in [0.717, 1.165) is 0 Å². The van der Waals surface area contributed by atoms with Gasteiger partial charge in [-0.25, -0.2) is 4.39 Å². The van der Waals surface area contributed by atoms with Crippen molar-refractivity contribution in [1.82, 2.24) is 4.90 Å². The summed E-state index contributed by atoms with van der Waals surface area (Å²) in [5.74, 6) is -0.738. The van der Waals surface area contributed by atoms with Crippen molar-refractivity contribution in [3.63, 3.8) is 0 Å². The molecule has 1 aliphatic rings. The van der Waals surface area contributed by atoms with Gasteiger partial charge in [-0.1, -0.05) is 24.3 Å². The smallest absolute Gasteiger partial charge is 0.294 e. The first kappa shape index (κ1) is 18.0. The molecule has 144 valence electrons. The third-order valence-electron chi connectivity index (χ3n) is 4.84. The third-order valence-corrected chi connectivity index (χ3v) is 4.84. The highest BCUT2D eigenvalue weighted by Gasteiger charge is 2.36. The zero-order valence-electron chi connectivity index (χ0n) is 15.7. The quantitative estimate of drug-likeness (QED) is 0.682. The van der Waals surface area contributed by atoms with E-state index < -0.39 is 17.8 Å². The second-order valence-electron chi connectivity index (χ2n) is 6.90. The average Bonchev–Trinajstić information content (AvgIpc) is 3.04. The van der Waals surface area contributed by atoms with Gasteiger partial charge in [-0.15, -0.1) is 0 Å². The number of anilines is 1. The zero-order chi connectivity index (χ0) is 20.0. The summed E-state index contributed by atoms with van der Waals surface area (Å²) >= 11 is 0. The molecular formula is C21H19FN2O4. The second kappa shape index (κ2) is 6.67. The lowest BCUT2D eigenvalue weighted by Crippen LogP contribution is -2.50. The van der Waals surface area contributed by atoms with Crippen LogP contribution in [0.1, 0.15) is 16.1 Å². The molecule has 0 aliphatic carbocycles. The van der Waals surface area contributed by atoms with Gasteiger partial charge in [-0.05, 0) is 25.1 Å². The predicted octanol–water partition coefficient (Wildman–Crippen LogP) is 3.38. The number of halogens is 1. The number of furan rings is 1. The summed E-state index contributed by atoms with van der Waals surface area (Å²) in [5.41, 5.74) is 1.14. The summed E-state index contributed by atoms with van der Waals surface area (Å²) in [6.07, 6.45) is -0.838. The molecular weight excluding hydrogens is 363 g/mol. The summed E-state index contributed by atoms with van der Waals surface area (Å²) in [6, 6.07) is 11.6. The van der Waals surface area contributed by atoms with Gasteiger partial charge in [0.2, 0.25) is 0 Å². The van der Waals surface area contributed by atoms with Crippen LogP contribution >= 0.6 is 0 Å². The van der Waals surface area contributed by atoms with E-state index in [1.807, 2.05) is 0 Å². The molecule has 3 aromatic rings. The van der Waals surface area contributed by atoms with Crippen molar-refractivity contribution in [3.05, 3.63) is 59.6 Å². The predicted molar refractivity (Wildman–Crippen MR) is 102 cm³/mol. The average molecular weight is 382 g/mol. The summed E-state index contributed by atoms with van der Waals surface area (Å²) < 4.78 is 25.5. The molecule has 1 aliphatic heterocycles. The van der Waals surface area contributed by atoms with Crippen molar-refractivity contribution >= 4 is 28.5 Å². The fraction of sp³-hybridized carbons (Fsp3) is 0.238. The van der Waals surface area contributed by atoms with Gasteiger partial charge in [0.15, 0.2) is 23.3 Å². The molecule has 0 N–H and O–H groups in total. The number of hydrogen-bond acceptors (Lipinski definition) is 4. The van der Waals surface area contributed by atoms with Gasteiger partial charge in [0, 0.05) is 25.0 Å². The molecule has 0 spiro atoms. The van der Waals surface area contributed by atoms with E-state index in [1.54, 1.807) is 57.4 Å². The van der Waals surface area contributed by atoms with E-state index in [-0.39, 0.29) is 23.8 Å². The summed E-state index contributed by atoms with van der Waals surface area (Å²) in [5, 5.41) is 0.547. The van der Waals surface area contributed by atoms with E-state index in [9.17, 15) is 14.0 Å². The molecule has 0 fully saturated rings. The van der Waals surface area contributed by atoms with Crippen molar-refractivity contribution in [2.24, 2.45) is 0 Å². The number of benzene rings is 2. The van der Waals surface area contributed by atoms with Gasteiger partial charge in [0.05, 0.1) is 12.2 Å². The Morgan fingerprint density at radius 3 is 2.61 bits per heavy atom. The van der Waals surface area contributed by atoms with Crippen LogP contribution in [0, 0.1) is 12.7 Å². The number of amides is 2. The van der Waals surface area contributed by atoms with Crippen LogP contribution in [0.15, 0.2) is 46.9 Å². The number of fused-ring (bicyclic) bond motifs is 2. The van der Waals surface area contributed by atoms with Crippen molar-refractivity contribution in [3.8, 4) is 5.75 Å². The normalized spacial score (nSPS) is 15.9. The minimum atomic E-state index is -0.838. The maximum Gasteiger partial charge on any atom is 0.294 e. The molecule has 0 saturated carbocycles. The third kappa shape index (κ3) is 2.79. The van der Waals surface area contributed by atoms with Gasteiger partial charge in [0.1, 0.15) is 5.75 Å². The molecule has 6 nitrogen and oxygen atoms in total. The Balaban J connectivity index is 1.79. The molecule has 0 bridgehead atoms. The number of carbonyl (C=O) groups excluding carboxylic acids is 2. The van der Waals surface area contributed by atoms with E-state index in [1.165, 1.54) is 15.9 Å². The van der Waals surface area contributed by atoms with Crippen molar-refractivity contribution in [2.75, 3.05) is 25.5 Å². The van der Waals surface area contributed by atoms with Crippen LogP contribution in [0.25, 0.3) is 11.0 Å². The molecule has 0 unspecified atom stereocenters. The topological polar surface area (TPSA) is 63.0 Å². The lowest BCUT2D eigenvalue weighted by atomic mass is 10.1. The number of aryl methyl sites for hydroxylation is 1. The van der Waals surface area contributed by atoms with Crippen molar-refractivity contribution in [1.29, 1.82) is 0 Å². The fourth-order valence-corrected chi connectivity index (χ4v) is 3.38. The Morgan fingerprint density at radius 2 is 1.89 bits per heavy atom. The van der Waals surface area contributed by atoms with Crippen LogP contribution in [0.4, 0.5) is 10.1 Å². The van der Waals surface area contributed by atoms with Crippen molar-refractivity contribution < 1.29 is 23.1 Å². The molecule has 4 rings (SSSR count). The van der Waals surface area contributed by atoms with Crippen LogP contribution < -0.4 is 9.64 Å². The molecule has 2 amide bonds. The minimum absolute atomic E-state index is 0.0336. The maximum atomic E-state index is 14.1. The highest BCUT2D eigenvalue weighted by atomic mass is 19.1. The number of para-hydroxylation sites is 3. The van der Waals surface area contributed by atoms with Crippen LogP contribution in [0.2, 0.25) is 0 Å². The number of nitrogens with zero attached hydrogens (tertiary/aromatic N) is 2. The molecule has 1 atom stereocenters. The molecule has 28 heavy (non-hydrogen) atoms. The van der Waals surface area contributed by atoms with E-state index >= 15 is 0 Å². The highest BCUT2D eigenvalue weighted by Crippen LogP contribution is 2.36. The Morgan fingerprint density at radius 1 is 1.14 bits per heavy atom. The Bertz CT molecular complexity index is 1090. The highest BCUT2D eigenvalue weighted by molar-refractivity contribution is 6.09. The number of carbonyl (C=O) groups is 2. The van der Waals surface area contributed by atoms with Gasteiger partial charge < -0.3 is 14.1 Å². The Kier molecular flexibility index (Phi) is 4.30. The van der Waals surface area contributed by atoms with Gasteiger partial charge in [0.25, 0.3) is 11.8 Å². The monoisotopic (exact) mass is 382 g/mol. The maximum absolute atomic E-state index is 14.1. The van der Waals surface area contributed by atoms with Crippen LogP contribution in [-0.4, -0.2) is 43.5 Å². The first-order valence-electron chi connectivity index (χ1n) is 8.85. The van der Waals surface area contributed by atoms with Crippen molar-refractivity contribution in [2.45, 2.75) is 13.0 Å². The largest absolute Gasteiger partial charge is 0.476 e. The first-order chi connectivity index (χ1) is 13.4. The van der Waals surface area contributed by atoms with E-state index in [4.69, 9.17) is 9.15 Å². The summed E-state index contributed by atoms with van der Waals surface area (Å²) in [4.78, 5) is 28.7. The summed E-state index contributed by atoms with van der Waals surface area (Å²) in [7, 11) is 3.26. The van der Waals surface area contributed by atoms with Crippen LogP contribution in [-0.2, 0) is 4.79 Å². The number of rotatable bonds is 2. The molecule has 2 heterocycles. The molecule has 0 radical (unpaired) electrons. The Hall–Kier alpha value is -3.35. The second-order valence-corrected chi connectivity index (χ2v) is 6.90. The number of hydrogen-bond donors (Lipinski definition) is 0. The molecule has 0 saturated heterocycles. The lowest BCUT2D eigenvalue weighted by molar-refractivity contribution is -0.135. The van der Waals surface area contributed by atoms with Gasteiger partial charge in [-0.2, -0.15) is 0 Å². The molecule has 7 heteroatoms. The Labute approximate surface area is 161 Å². The number of likely N-dealkylation sites (N-methyl/N-ethyl adjacent to an activating group) is 1. The van der Waals surface area contributed by atoms with Gasteiger partial charge >= 0.3 is 0 Å². The molecule has 1 aromatic heterocycles. The minimum Gasteiger partial charge on any atom is -0.476 e. The number of ether oxygens (including phenoxy) is 1. The van der Waals surface area contributed by atoms with Crippen LogP contribution in [0.5, 0.6) is 5.75 Å². The zero-order valence-corrected chi connectivity index (χ0v) is 15.7. The van der Waals surface area contributed by atoms with E-state index in [0.29, 0.717) is 22.4 Å². The van der Waals surface area contributed by atoms with E-state index in [2.05, 4.69) is 0 Å². The van der Waals surface area contributed by atoms with Crippen LogP contribution in [0.3, 0.4) is 0 Å². The summed E-state index contributed by atoms with van der Waals surface area (Å²) in [6.45, 7) is 1.75. The van der Waals surface area contributed by atoms with Gasteiger partial charge in [-0.3, -0.25) is 14.5 Å². The standard InChI is InChI=1S/C21H19FN2O4/c1-12-13-7-6-8-14(22)19(13)28-18(12)21(26)24-11-17(20(25)23(2)3)27-16-10-5-4-9-15(16)24/h4-10,17H,11H2,1-3H3/t17-/m1/s1.